The number of halogens is 1. The van der Waals surface area contributed by atoms with Crippen molar-refractivity contribution in [2.24, 2.45) is 5.92 Å². The minimum absolute atomic E-state index is 0.322. The van der Waals surface area contributed by atoms with Crippen molar-refractivity contribution in [3.8, 4) is 0 Å². The van der Waals surface area contributed by atoms with E-state index in [-0.39, 0.29) is 0 Å². The highest BCUT2D eigenvalue weighted by molar-refractivity contribution is 9.10. The molecule has 1 unspecified atom stereocenters. The van der Waals surface area contributed by atoms with Gasteiger partial charge >= 0.3 is 0 Å². The SMILES string of the molecule is CC(C1CC1)N(C)c1nc(N)ncc1Br. The average Bonchev–Trinajstić information content (AvgIpc) is 3.03. The number of aromatic nitrogens is 2. The van der Waals surface area contributed by atoms with Crippen LogP contribution < -0.4 is 10.6 Å². The van der Waals surface area contributed by atoms with Gasteiger partial charge in [0.2, 0.25) is 5.95 Å². The average molecular weight is 271 g/mol. The van der Waals surface area contributed by atoms with E-state index in [0.29, 0.717) is 12.0 Å². The molecule has 0 bridgehead atoms. The van der Waals surface area contributed by atoms with Crippen LogP contribution in [0.3, 0.4) is 0 Å². The summed E-state index contributed by atoms with van der Waals surface area (Å²) < 4.78 is 0.895. The van der Waals surface area contributed by atoms with Gasteiger partial charge in [-0.15, -0.1) is 0 Å². The number of rotatable bonds is 3. The van der Waals surface area contributed by atoms with E-state index >= 15 is 0 Å². The van der Waals surface area contributed by atoms with Gasteiger partial charge in [-0.25, -0.2) is 4.98 Å². The Hall–Kier alpha value is -0.840. The summed E-state index contributed by atoms with van der Waals surface area (Å²) in [6.07, 6.45) is 4.35. The van der Waals surface area contributed by atoms with Crippen LogP contribution in [-0.2, 0) is 0 Å². The lowest BCUT2D eigenvalue weighted by atomic mass is 10.2. The fourth-order valence-corrected chi connectivity index (χ4v) is 2.18. The van der Waals surface area contributed by atoms with Crippen molar-refractivity contribution in [2.45, 2.75) is 25.8 Å². The molecule has 0 aliphatic heterocycles. The smallest absolute Gasteiger partial charge is 0.222 e. The Labute approximate surface area is 98.0 Å². The van der Waals surface area contributed by atoms with E-state index in [4.69, 9.17) is 5.73 Å². The predicted octanol–water partition coefficient (Wildman–Crippen LogP) is 2.06. The van der Waals surface area contributed by atoms with Gasteiger partial charge in [0, 0.05) is 19.3 Å². The quantitative estimate of drug-likeness (QED) is 0.914. The molecule has 1 heterocycles. The molecule has 4 nitrogen and oxygen atoms in total. The summed E-state index contributed by atoms with van der Waals surface area (Å²) in [5.41, 5.74) is 5.59. The van der Waals surface area contributed by atoms with E-state index < -0.39 is 0 Å². The lowest BCUT2D eigenvalue weighted by molar-refractivity contribution is 0.603. The first kappa shape index (κ1) is 10.7. The highest BCUT2D eigenvalue weighted by Crippen LogP contribution is 2.37. The fraction of sp³-hybridized carbons (Fsp3) is 0.600. The third-order valence-electron chi connectivity index (χ3n) is 2.99. The molecule has 15 heavy (non-hydrogen) atoms. The summed E-state index contributed by atoms with van der Waals surface area (Å²) >= 11 is 3.45. The molecule has 2 rings (SSSR count). The fourth-order valence-electron chi connectivity index (χ4n) is 1.71. The molecular weight excluding hydrogens is 256 g/mol. The van der Waals surface area contributed by atoms with Crippen molar-refractivity contribution in [2.75, 3.05) is 17.7 Å². The maximum atomic E-state index is 5.59. The Kier molecular flexibility index (Phi) is 2.82. The lowest BCUT2D eigenvalue weighted by Crippen LogP contribution is -2.31. The van der Waals surface area contributed by atoms with Gasteiger partial charge in [-0.05, 0) is 41.6 Å². The molecule has 5 heteroatoms. The first-order valence-corrected chi connectivity index (χ1v) is 5.89. The Morgan fingerprint density at radius 1 is 1.60 bits per heavy atom. The van der Waals surface area contributed by atoms with Gasteiger partial charge in [-0.3, -0.25) is 0 Å². The second-order valence-electron chi connectivity index (χ2n) is 4.09. The van der Waals surface area contributed by atoms with Crippen LogP contribution in [-0.4, -0.2) is 23.1 Å². The summed E-state index contributed by atoms with van der Waals surface area (Å²) in [5, 5.41) is 0. The molecular formula is C10H15BrN4. The van der Waals surface area contributed by atoms with Gasteiger partial charge in [0.1, 0.15) is 5.82 Å². The summed E-state index contributed by atoms with van der Waals surface area (Å²) in [6.45, 7) is 2.22. The molecule has 1 aliphatic carbocycles. The minimum Gasteiger partial charge on any atom is -0.368 e. The first-order valence-electron chi connectivity index (χ1n) is 5.10. The van der Waals surface area contributed by atoms with E-state index in [2.05, 4.69) is 44.8 Å². The molecule has 0 amide bonds. The van der Waals surface area contributed by atoms with Crippen LogP contribution in [0, 0.1) is 5.92 Å². The second kappa shape index (κ2) is 3.96. The largest absolute Gasteiger partial charge is 0.368 e. The maximum Gasteiger partial charge on any atom is 0.222 e. The number of nitrogen functional groups attached to an aromatic ring is 1. The molecule has 0 aromatic carbocycles. The van der Waals surface area contributed by atoms with Crippen molar-refractivity contribution in [1.29, 1.82) is 0 Å². The summed E-state index contributed by atoms with van der Waals surface area (Å²) in [5.74, 6) is 2.00. The van der Waals surface area contributed by atoms with Gasteiger partial charge in [0.15, 0.2) is 0 Å². The summed E-state index contributed by atoms with van der Waals surface area (Å²) in [7, 11) is 2.05. The molecule has 1 aliphatic rings. The normalized spacial score (nSPS) is 17.5. The monoisotopic (exact) mass is 270 g/mol. The van der Waals surface area contributed by atoms with E-state index in [0.717, 1.165) is 16.2 Å². The summed E-state index contributed by atoms with van der Waals surface area (Å²) in [6, 6.07) is 0.510. The molecule has 1 aromatic heterocycles. The number of hydrogen-bond acceptors (Lipinski definition) is 4. The third kappa shape index (κ3) is 2.22. The van der Waals surface area contributed by atoms with Crippen LogP contribution in [0.25, 0.3) is 0 Å². The Morgan fingerprint density at radius 2 is 2.27 bits per heavy atom. The number of anilines is 2. The van der Waals surface area contributed by atoms with Gasteiger partial charge < -0.3 is 10.6 Å². The molecule has 1 atom stereocenters. The highest BCUT2D eigenvalue weighted by atomic mass is 79.9. The van der Waals surface area contributed by atoms with Crippen molar-refractivity contribution in [3.63, 3.8) is 0 Å². The Bertz CT molecular complexity index is 364. The lowest BCUT2D eigenvalue weighted by Gasteiger charge is -2.26. The summed E-state index contributed by atoms with van der Waals surface area (Å²) in [4.78, 5) is 10.4. The molecule has 1 fully saturated rings. The van der Waals surface area contributed by atoms with E-state index in [1.165, 1.54) is 12.8 Å². The van der Waals surface area contributed by atoms with Gasteiger partial charge in [0.05, 0.1) is 4.47 Å². The van der Waals surface area contributed by atoms with Gasteiger partial charge in [-0.1, -0.05) is 0 Å². The molecule has 82 valence electrons. The standard InChI is InChI=1S/C10H15BrN4/c1-6(7-3-4-7)15(2)9-8(11)5-13-10(12)14-9/h5-7H,3-4H2,1-2H3,(H2,12,13,14). The zero-order chi connectivity index (χ0) is 11.0. The molecule has 2 N–H and O–H groups in total. The first-order chi connectivity index (χ1) is 7.09. The number of nitrogens with two attached hydrogens (primary N) is 1. The molecule has 1 aromatic rings. The Balaban J connectivity index is 2.23. The van der Waals surface area contributed by atoms with Crippen LogP contribution in [0.15, 0.2) is 10.7 Å². The van der Waals surface area contributed by atoms with Crippen molar-refractivity contribution in [1.82, 2.24) is 9.97 Å². The molecule has 0 radical (unpaired) electrons. The minimum atomic E-state index is 0.322. The van der Waals surface area contributed by atoms with Crippen molar-refractivity contribution >= 4 is 27.7 Å². The van der Waals surface area contributed by atoms with Gasteiger partial charge in [0.25, 0.3) is 0 Å². The molecule has 0 saturated heterocycles. The van der Waals surface area contributed by atoms with Crippen molar-refractivity contribution in [3.05, 3.63) is 10.7 Å². The van der Waals surface area contributed by atoms with E-state index in [1.807, 2.05) is 0 Å². The van der Waals surface area contributed by atoms with Crippen LogP contribution >= 0.6 is 15.9 Å². The number of hydrogen-bond donors (Lipinski definition) is 1. The topological polar surface area (TPSA) is 55.0 Å². The van der Waals surface area contributed by atoms with Crippen LogP contribution in [0.1, 0.15) is 19.8 Å². The van der Waals surface area contributed by atoms with Crippen LogP contribution in [0.5, 0.6) is 0 Å². The highest BCUT2D eigenvalue weighted by Gasteiger charge is 2.31. The number of nitrogens with zero attached hydrogens (tertiary/aromatic N) is 3. The van der Waals surface area contributed by atoms with Gasteiger partial charge in [-0.2, -0.15) is 4.98 Å². The van der Waals surface area contributed by atoms with Crippen molar-refractivity contribution < 1.29 is 0 Å². The molecule has 1 saturated carbocycles. The van der Waals surface area contributed by atoms with E-state index in [1.54, 1.807) is 6.20 Å². The molecule has 0 spiro atoms. The Morgan fingerprint density at radius 3 is 2.87 bits per heavy atom. The zero-order valence-electron chi connectivity index (χ0n) is 8.94. The zero-order valence-corrected chi connectivity index (χ0v) is 10.5. The van der Waals surface area contributed by atoms with Crippen LogP contribution in [0.4, 0.5) is 11.8 Å². The third-order valence-corrected chi connectivity index (χ3v) is 3.55. The second-order valence-corrected chi connectivity index (χ2v) is 4.94. The maximum absolute atomic E-state index is 5.59. The van der Waals surface area contributed by atoms with Crippen LogP contribution in [0.2, 0.25) is 0 Å². The predicted molar refractivity (Wildman–Crippen MR) is 64.7 cm³/mol. The van der Waals surface area contributed by atoms with E-state index in [9.17, 15) is 0 Å².